The molecule has 0 amide bonds. The highest BCUT2D eigenvalue weighted by Gasteiger charge is 2.28. The van der Waals surface area contributed by atoms with Crippen LogP contribution in [0.25, 0.3) is 0 Å². The summed E-state index contributed by atoms with van der Waals surface area (Å²) in [4.78, 5) is 0. The van der Waals surface area contributed by atoms with E-state index in [0.29, 0.717) is 0 Å². The minimum atomic E-state index is -1.32. The van der Waals surface area contributed by atoms with E-state index < -0.39 is 8.32 Å². The molecule has 0 atom stereocenters. The van der Waals surface area contributed by atoms with Crippen LogP contribution in [0.5, 0.6) is 0 Å². The van der Waals surface area contributed by atoms with Gasteiger partial charge in [-0.1, -0.05) is 20.8 Å². The molecule has 1 saturated heterocycles. The van der Waals surface area contributed by atoms with Gasteiger partial charge in [0.1, 0.15) is 0 Å². The second-order valence-electron chi connectivity index (χ2n) is 4.76. The summed E-state index contributed by atoms with van der Waals surface area (Å²) >= 11 is 4.31. The van der Waals surface area contributed by atoms with Crippen LogP contribution in [0.3, 0.4) is 0 Å². The standard InChI is InChI=1S/C13H28OS2Si/c1-4-17(5-2,6-3)14-10-7-9-13-15-11-8-12-16-13/h13H,4-12H2,1-3H3. The van der Waals surface area contributed by atoms with Crippen LogP contribution in [0.2, 0.25) is 18.1 Å². The van der Waals surface area contributed by atoms with Crippen molar-refractivity contribution >= 4 is 31.8 Å². The van der Waals surface area contributed by atoms with Crippen LogP contribution in [0.4, 0.5) is 0 Å². The fourth-order valence-electron chi connectivity index (χ4n) is 2.30. The monoisotopic (exact) mass is 292 g/mol. The largest absolute Gasteiger partial charge is 0.417 e. The van der Waals surface area contributed by atoms with Crippen molar-refractivity contribution in [3.63, 3.8) is 0 Å². The van der Waals surface area contributed by atoms with Crippen LogP contribution < -0.4 is 0 Å². The first-order valence-corrected chi connectivity index (χ1v) is 11.8. The van der Waals surface area contributed by atoms with Gasteiger partial charge in [0.2, 0.25) is 0 Å². The first-order chi connectivity index (χ1) is 8.26. The fourth-order valence-corrected chi connectivity index (χ4v) is 7.95. The van der Waals surface area contributed by atoms with Gasteiger partial charge in [-0.25, -0.2) is 0 Å². The maximum absolute atomic E-state index is 6.29. The molecule has 0 aromatic rings. The van der Waals surface area contributed by atoms with E-state index in [1.54, 1.807) is 0 Å². The fraction of sp³-hybridized carbons (Fsp3) is 1.00. The highest BCUT2D eigenvalue weighted by atomic mass is 32.2. The van der Waals surface area contributed by atoms with Crippen LogP contribution >= 0.6 is 23.5 Å². The van der Waals surface area contributed by atoms with Crippen molar-refractivity contribution in [1.29, 1.82) is 0 Å². The molecule has 1 rings (SSSR count). The lowest BCUT2D eigenvalue weighted by Crippen LogP contribution is -2.36. The van der Waals surface area contributed by atoms with Gasteiger partial charge >= 0.3 is 0 Å². The Morgan fingerprint density at radius 1 is 1.06 bits per heavy atom. The van der Waals surface area contributed by atoms with Gasteiger partial charge in [-0.3, -0.25) is 0 Å². The molecule has 1 aliphatic rings. The quantitative estimate of drug-likeness (QED) is 0.461. The zero-order valence-corrected chi connectivity index (χ0v) is 14.3. The Labute approximate surface area is 117 Å². The van der Waals surface area contributed by atoms with Gasteiger partial charge in [0, 0.05) is 6.61 Å². The zero-order chi connectivity index (χ0) is 12.6. The molecule has 0 aliphatic carbocycles. The van der Waals surface area contributed by atoms with E-state index in [2.05, 4.69) is 44.3 Å². The average Bonchev–Trinajstić information content (AvgIpc) is 2.41. The molecular formula is C13H28OS2Si. The average molecular weight is 293 g/mol. The number of rotatable bonds is 8. The van der Waals surface area contributed by atoms with Crippen molar-refractivity contribution in [2.24, 2.45) is 0 Å². The van der Waals surface area contributed by atoms with E-state index in [-0.39, 0.29) is 0 Å². The predicted molar refractivity (Wildman–Crippen MR) is 85.7 cm³/mol. The van der Waals surface area contributed by atoms with Crippen molar-refractivity contribution in [2.45, 2.75) is 62.7 Å². The molecule has 102 valence electrons. The maximum atomic E-state index is 6.29. The minimum Gasteiger partial charge on any atom is -0.417 e. The van der Waals surface area contributed by atoms with Gasteiger partial charge in [-0.2, -0.15) is 0 Å². The molecule has 0 spiro atoms. The first kappa shape index (κ1) is 15.9. The summed E-state index contributed by atoms with van der Waals surface area (Å²) in [6.07, 6.45) is 4.01. The van der Waals surface area contributed by atoms with E-state index in [0.717, 1.165) is 11.2 Å². The summed E-state index contributed by atoms with van der Waals surface area (Å²) in [5, 5.41) is 0. The van der Waals surface area contributed by atoms with E-state index in [4.69, 9.17) is 4.43 Å². The number of hydrogen-bond acceptors (Lipinski definition) is 3. The highest BCUT2D eigenvalue weighted by Crippen LogP contribution is 2.33. The lowest BCUT2D eigenvalue weighted by molar-refractivity contribution is 0.291. The Bertz CT molecular complexity index is 184. The van der Waals surface area contributed by atoms with E-state index in [1.807, 2.05) is 0 Å². The van der Waals surface area contributed by atoms with Crippen LogP contribution in [-0.2, 0) is 4.43 Å². The number of thioether (sulfide) groups is 2. The lowest BCUT2D eigenvalue weighted by atomic mass is 10.4. The molecule has 0 aromatic heterocycles. The number of hydrogen-bond donors (Lipinski definition) is 0. The molecule has 1 aliphatic heterocycles. The second-order valence-corrected chi connectivity index (χ2v) is 12.5. The Hall–Kier alpha value is 0.877. The van der Waals surface area contributed by atoms with Gasteiger partial charge in [0.05, 0.1) is 4.58 Å². The van der Waals surface area contributed by atoms with Crippen molar-refractivity contribution in [3.8, 4) is 0 Å². The Morgan fingerprint density at radius 3 is 2.18 bits per heavy atom. The van der Waals surface area contributed by atoms with Crippen LogP contribution in [0.1, 0.15) is 40.0 Å². The summed E-state index contributed by atoms with van der Waals surface area (Å²) in [7, 11) is -1.32. The summed E-state index contributed by atoms with van der Waals surface area (Å²) in [6.45, 7) is 7.95. The highest BCUT2D eigenvalue weighted by molar-refractivity contribution is 8.17. The van der Waals surface area contributed by atoms with E-state index >= 15 is 0 Å². The molecule has 1 fully saturated rings. The van der Waals surface area contributed by atoms with Gasteiger partial charge in [0.25, 0.3) is 0 Å². The molecule has 4 heteroatoms. The molecule has 0 bridgehead atoms. The minimum absolute atomic E-state index is 0.855. The molecule has 1 heterocycles. The molecule has 0 radical (unpaired) electrons. The topological polar surface area (TPSA) is 9.23 Å². The summed E-state index contributed by atoms with van der Waals surface area (Å²) in [5.74, 6) is 2.74. The van der Waals surface area contributed by atoms with Crippen molar-refractivity contribution in [3.05, 3.63) is 0 Å². The van der Waals surface area contributed by atoms with Crippen molar-refractivity contribution in [2.75, 3.05) is 18.1 Å². The normalized spacial score (nSPS) is 18.5. The predicted octanol–water partition coefficient (Wildman–Crippen LogP) is 4.98. The lowest BCUT2D eigenvalue weighted by Gasteiger charge is -2.28. The molecule has 0 N–H and O–H groups in total. The van der Waals surface area contributed by atoms with Gasteiger partial charge in [0.15, 0.2) is 8.32 Å². The Kier molecular flexibility index (Phi) is 8.33. The van der Waals surface area contributed by atoms with Gasteiger partial charge in [-0.15, -0.1) is 23.5 Å². The third kappa shape index (κ3) is 5.58. The van der Waals surface area contributed by atoms with E-state index in [9.17, 15) is 0 Å². The van der Waals surface area contributed by atoms with Crippen molar-refractivity contribution in [1.82, 2.24) is 0 Å². The van der Waals surface area contributed by atoms with Gasteiger partial charge < -0.3 is 4.43 Å². The molecular weight excluding hydrogens is 264 g/mol. The van der Waals surface area contributed by atoms with Gasteiger partial charge in [-0.05, 0) is 48.9 Å². The van der Waals surface area contributed by atoms with E-state index in [1.165, 1.54) is 48.9 Å². The second kappa shape index (κ2) is 8.89. The SMILES string of the molecule is CC[Si](CC)(CC)OCCCC1SCCCS1. The van der Waals surface area contributed by atoms with Crippen LogP contribution in [0.15, 0.2) is 0 Å². The van der Waals surface area contributed by atoms with Crippen molar-refractivity contribution < 1.29 is 4.43 Å². The Morgan fingerprint density at radius 2 is 1.65 bits per heavy atom. The summed E-state index contributed by atoms with van der Waals surface area (Å²) in [5.41, 5.74) is 0. The smallest absolute Gasteiger partial charge is 0.191 e. The maximum Gasteiger partial charge on any atom is 0.191 e. The third-order valence-electron chi connectivity index (χ3n) is 3.82. The molecule has 0 saturated carbocycles. The summed E-state index contributed by atoms with van der Waals surface area (Å²) in [6, 6.07) is 3.85. The zero-order valence-electron chi connectivity index (χ0n) is 11.7. The molecule has 1 nitrogen and oxygen atoms in total. The molecule has 17 heavy (non-hydrogen) atoms. The molecule has 0 unspecified atom stereocenters. The Balaban J connectivity index is 2.13. The third-order valence-corrected chi connectivity index (χ3v) is 11.6. The van der Waals surface area contributed by atoms with Crippen LogP contribution in [0, 0.1) is 0 Å². The summed E-state index contributed by atoms with van der Waals surface area (Å²) < 4.78 is 7.14. The van der Waals surface area contributed by atoms with Crippen LogP contribution in [-0.4, -0.2) is 31.0 Å². The first-order valence-electron chi connectivity index (χ1n) is 7.13. The molecule has 0 aromatic carbocycles.